The number of carbonyl (C=O) groups is 5. The number of carboxylic acid groups (broad SMARTS) is 1. The summed E-state index contributed by atoms with van der Waals surface area (Å²) in [6.07, 6.45) is 4.23. The highest BCUT2D eigenvalue weighted by Crippen LogP contribution is 2.30. The van der Waals surface area contributed by atoms with Crippen molar-refractivity contribution in [2.75, 3.05) is 13.1 Å². The first-order valence-electron chi connectivity index (χ1n) is 14.2. The van der Waals surface area contributed by atoms with Gasteiger partial charge in [0.05, 0.1) is 13.9 Å². The molecule has 0 aromatic rings. The zero-order valence-corrected chi connectivity index (χ0v) is 25.3. The summed E-state index contributed by atoms with van der Waals surface area (Å²) >= 11 is 0. The number of alkyl carbamates (subject to hydrolysis) is 1. The molecule has 3 N–H and O–H groups in total. The number of nitrogens with zero attached hydrogens (tertiary/aromatic N) is 2. The molecule has 2 heterocycles. The van der Waals surface area contributed by atoms with Crippen LogP contribution in [0.4, 0.5) is 9.59 Å². The summed E-state index contributed by atoms with van der Waals surface area (Å²) in [5, 5.41) is 14.7. The molecule has 41 heavy (non-hydrogen) atoms. The van der Waals surface area contributed by atoms with Crippen molar-refractivity contribution in [2.45, 2.75) is 122 Å². The van der Waals surface area contributed by atoms with Crippen LogP contribution in [0, 0.1) is 0 Å². The van der Waals surface area contributed by atoms with Gasteiger partial charge in [-0.25, -0.2) is 14.4 Å². The third kappa shape index (κ3) is 10.6. The van der Waals surface area contributed by atoms with Crippen LogP contribution in [0.3, 0.4) is 0 Å². The fourth-order valence-corrected chi connectivity index (χ4v) is 4.73. The van der Waals surface area contributed by atoms with Crippen molar-refractivity contribution in [1.29, 1.82) is 0 Å². The maximum absolute atomic E-state index is 13.1. The highest BCUT2D eigenvalue weighted by atomic mass is 16.6. The molecule has 2 fully saturated rings. The van der Waals surface area contributed by atoms with Crippen LogP contribution in [0.5, 0.6) is 0 Å². The second-order valence-electron chi connectivity index (χ2n) is 12.6. The lowest BCUT2D eigenvalue weighted by atomic mass is 9.83. The maximum Gasteiger partial charge on any atom is 0.411 e. The number of hydrogen-bond acceptors (Lipinski definition) is 7. The van der Waals surface area contributed by atoms with Gasteiger partial charge in [-0.1, -0.05) is 12.2 Å². The second-order valence-corrected chi connectivity index (χ2v) is 12.6. The molecule has 0 bridgehead atoms. The van der Waals surface area contributed by atoms with E-state index in [4.69, 9.17) is 17.3 Å². The number of likely N-dealkylation sites (tertiary alicyclic amines) is 2. The molecule has 0 aromatic heterocycles. The van der Waals surface area contributed by atoms with Gasteiger partial charge in [-0.2, -0.15) is 0 Å². The van der Waals surface area contributed by atoms with Crippen molar-refractivity contribution in [1.82, 2.24) is 20.4 Å². The number of aliphatic carboxylic acids is 1. The van der Waals surface area contributed by atoms with Crippen LogP contribution in [0.15, 0.2) is 12.2 Å². The first-order chi connectivity index (χ1) is 18.9. The van der Waals surface area contributed by atoms with Crippen molar-refractivity contribution in [2.24, 2.45) is 0 Å². The quantitative estimate of drug-likeness (QED) is 0.204. The van der Waals surface area contributed by atoms with Gasteiger partial charge in [0.1, 0.15) is 23.3 Å². The standard InChI is InChI=1S/C28H45BN4O8/c1-17-16-18(33(17)26(39)41-28(5,6)7)12-13-19(29)23(35)32-15-9-11-21(32)22(34)31-20(24(36)37)10-8-14-30-25(38)40-27(2,3)4/h12-13,17-21H,8-11,14-16H2,1-7H3,(H,30,38)(H,31,34)(H,36,37)/b13-12+/t17?,18-,19+,20+,21+/m1/s1. The Morgan fingerprint density at radius 2 is 1.71 bits per heavy atom. The largest absolute Gasteiger partial charge is 0.480 e. The second kappa shape index (κ2) is 14.1. The van der Waals surface area contributed by atoms with Gasteiger partial charge in [-0.3, -0.25) is 14.5 Å². The van der Waals surface area contributed by atoms with Gasteiger partial charge in [-0.15, -0.1) is 0 Å². The lowest BCUT2D eigenvalue weighted by Gasteiger charge is -2.45. The summed E-state index contributed by atoms with van der Waals surface area (Å²) in [5.41, 5.74) is -1.28. The molecule has 228 valence electrons. The van der Waals surface area contributed by atoms with Gasteiger partial charge in [0.15, 0.2) is 0 Å². The Morgan fingerprint density at radius 3 is 2.27 bits per heavy atom. The predicted molar refractivity (Wildman–Crippen MR) is 152 cm³/mol. The van der Waals surface area contributed by atoms with E-state index in [9.17, 15) is 29.1 Å². The van der Waals surface area contributed by atoms with Gasteiger partial charge in [-0.05, 0) is 80.6 Å². The molecule has 0 aliphatic carbocycles. The minimum Gasteiger partial charge on any atom is -0.480 e. The first-order valence-corrected chi connectivity index (χ1v) is 14.2. The molecule has 0 aromatic carbocycles. The van der Waals surface area contributed by atoms with E-state index in [1.165, 1.54) is 11.0 Å². The number of rotatable bonds is 10. The molecule has 0 spiro atoms. The summed E-state index contributed by atoms with van der Waals surface area (Å²) in [7, 11) is 6.15. The first kappa shape index (κ1) is 34.0. The predicted octanol–water partition coefficient (Wildman–Crippen LogP) is 2.76. The van der Waals surface area contributed by atoms with Gasteiger partial charge < -0.3 is 30.1 Å². The van der Waals surface area contributed by atoms with Gasteiger partial charge >= 0.3 is 18.2 Å². The Morgan fingerprint density at radius 1 is 1.07 bits per heavy atom. The molecule has 12 nitrogen and oxygen atoms in total. The van der Waals surface area contributed by atoms with Crippen molar-refractivity contribution in [3.05, 3.63) is 12.2 Å². The Bertz CT molecular complexity index is 1010. The molecule has 5 atom stereocenters. The van der Waals surface area contributed by atoms with E-state index in [0.29, 0.717) is 32.2 Å². The van der Waals surface area contributed by atoms with Crippen LogP contribution in [-0.4, -0.2) is 101 Å². The molecule has 2 aliphatic rings. The van der Waals surface area contributed by atoms with Gasteiger partial charge in [0.2, 0.25) is 11.8 Å². The molecular weight excluding hydrogens is 531 g/mol. The zero-order chi connectivity index (χ0) is 31.1. The van der Waals surface area contributed by atoms with E-state index in [1.54, 1.807) is 52.5 Å². The van der Waals surface area contributed by atoms with Crippen LogP contribution in [0.2, 0.25) is 5.82 Å². The smallest absolute Gasteiger partial charge is 0.411 e. The van der Waals surface area contributed by atoms with Crippen LogP contribution in [-0.2, 0) is 23.9 Å². The Hall–Kier alpha value is -3.25. The van der Waals surface area contributed by atoms with Crippen LogP contribution < -0.4 is 10.6 Å². The third-order valence-corrected chi connectivity index (χ3v) is 6.64. The maximum atomic E-state index is 13.1. The molecule has 1 unspecified atom stereocenters. The molecule has 13 heteroatoms. The lowest BCUT2D eigenvalue weighted by Crippen LogP contribution is -2.57. The third-order valence-electron chi connectivity index (χ3n) is 6.64. The molecule has 2 rings (SSSR count). The number of hydrogen-bond donors (Lipinski definition) is 3. The van der Waals surface area contributed by atoms with E-state index < -0.39 is 59.1 Å². The number of ether oxygens (including phenoxy) is 2. The minimum atomic E-state index is -1.21. The van der Waals surface area contributed by atoms with Gasteiger partial charge in [0.25, 0.3) is 0 Å². The normalized spacial score (nSPS) is 22.5. The van der Waals surface area contributed by atoms with E-state index in [-0.39, 0.29) is 25.0 Å². The molecule has 0 saturated carbocycles. The highest BCUT2D eigenvalue weighted by Gasteiger charge is 2.40. The van der Waals surface area contributed by atoms with Crippen molar-refractivity contribution in [3.8, 4) is 0 Å². The van der Waals surface area contributed by atoms with E-state index in [1.807, 2.05) is 6.92 Å². The molecule has 4 amide bonds. The number of nitrogens with one attached hydrogen (secondary N) is 2. The van der Waals surface area contributed by atoms with Crippen LogP contribution in [0.1, 0.15) is 80.6 Å². The van der Waals surface area contributed by atoms with Crippen molar-refractivity contribution in [3.63, 3.8) is 0 Å². The Labute approximate surface area is 243 Å². The average molecular weight is 577 g/mol. The number of carbonyl (C=O) groups excluding carboxylic acids is 4. The minimum absolute atomic E-state index is 0.00615. The van der Waals surface area contributed by atoms with E-state index in [2.05, 4.69) is 10.6 Å². The molecule has 2 saturated heterocycles. The van der Waals surface area contributed by atoms with E-state index >= 15 is 0 Å². The molecular formula is C28H45BN4O8. The monoisotopic (exact) mass is 576 g/mol. The zero-order valence-electron chi connectivity index (χ0n) is 25.3. The highest BCUT2D eigenvalue weighted by molar-refractivity contribution is 6.25. The summed E-state index contributed by atoms with van der Waals surface area (Å²) in [5.74, 6) is -3.27. The fourth-order valence-electron chi connectivity index (χ4n) is 4.73. The fraction of sp³-hybridized carbons (Fsp3) is 0.750. The Kier molecular flexibility index (Phi) is 11.7. The molecule has 2 aliphatic heterocycles. The van der Waals surface area contributed by atoms with Crippen LogP contribution in [0.25, 0.3) is 0 Å². The number of carboxylic acids is 1. The van der Waals surface area contributed by atoms with Crippen molar-refractivity contribution < 1.29 is 38.6 Å². The summed E-state index contributed by atoms with van der Waals surface area (Å²) in [4.78, 5) is 65.2. The Balaban J connectivity index is 1.91. The topological polar surface area (TPSA) is 155 Å². The van der Waals surface area contributed by atoms with Gasteiger partial charge in [0, 0.05) is 24.9 Å². The average Bonchev–Trinajstić information content (AvgIpc) is 3.30. The number of amides is 4. The summed E-state index contributed by atoms with van der Waals surface area (Å²) in [6, 6.07) is -2.29. The lowest BCUT2D eigenvalue weighted by molar-refractivity contribution is -0.143. The van der Waals surface area contributed by atoms with Crippen molar-refractivity contribution >= 4 is 37.8 Å². The van der Waals surface area contributed by atoms with E-state index in [0.717, 1.165) is 0 Å². The summed E-state index contributed by atoms with van der Waals surface area (Å²) < 4.78 is 10.6. The summed E-state index contributed by atoms with van der Waals surface area (Å²) in [6.45, 7) is 13.0. The molecule has 2 radical (unpaired) electrons. The SMILES string of the molecule is [B][C@@H](/C=C/[C@@H]1CC(C)N1C(=O)OC(C)(C)C)C(=O)N1CCC[C@H]1C(=O)N[C@@H](CCCNC(=O)OC(C)(C)C)C(=O)O. The van der Waals surface area contributed by atoms with Crippen LogP contribution >= 0.6 is 0 Å².